The zero-order valence-electron chi connectivity index (χ0n) is 7.62. The number of terminal acetylenes is 1. The predicted molar refractivity (Wildman–Crippen MR) is 51.5 cm³/mol. The van der Waals surface area contributed by atoms with Gasteiger partial charge in [0.15, 0.2) is 6.79 Å². The SMILES string of the molecule is C#Cc1ccccc1OCOCC. The van der Waals surface area contributed by atoms with Crippen molar-refractivity contribution < 1.29 is 9.47 Å². The van der Waals surface area contributed by atoms with Gasteiger partial charge in [0, 0.05) is 6.61 Å². The zero-order chi connectivity index (χ0) is 9.52. The van der Waals surface area contributed by atoms with Gasteiger partial charge in [-0.2, -0.15) is 0 Å². The van der Waals surface area contributed by atoms with E-state index in [-0.39, 0.29) is 6.79 Å². The molecule has 1 aromatic carbocycles. The van der Waals surface area contributed by atoms with Gasteiger partial charge in [0.25, 0.3) is 0 Å². The number of benzene rings is 1. The molecule has 0 aliphatic heterocycles. The van der Waals surface area contributed by atoms with E-state index in [4.69, 9.17) is 15.9 Å². The lowest BCUT2D eigenvalue weighted by Gasteiger charge is -2.06. The molecule has 0 atom stereocenters. The Morgan fingerprint density at radius 2 is 2.15 bits per heavy atom. The molecule has 0 radical (unpaired) electrons. The smallest absolute Gasteiger partial charge is 0.189 e. The molecule has 0 aliphatic carbocycles. The molecule has 2 nitrogen and oxygen atoms in total. The fourth-order valence-corrected chi connectivity index (χ4v) is 0.900. The van der Waals surface area contributed by atoms with Crippen molar-refractivity contribution >= 4 is 0 Å². The van der Waals surface area contributed by atoms with E-state index in [1.165, 1.54) is 0 Å². The molecule has 1 rings (SSSR count). The molecule has 0 N–H and O–H groups in total. The first-order valence-electron chi connectivity index (χ1n) is 4.14. The van der Waals surface area contributed by atoms with Crippen LogP contribution < -0.4 is 4.74 Å². The van der Waals surface area contributed by atoms with E-state index in [1.54, 1.807) is 0 Å². The van der Waals surface area contributed by atoms with E-state index >= 15 is 0 Å². The van der Waals surface area contributed by atoms with E-state index < -0.39 is 0 Å². The van der Waals surface area contributed by atoms with E-state index in [2.05, 4.69) is 5.92 Å². The van der Waals surface area contributed by atoms with Gasteiger partial charge in [0.2, 0.25) is 0 Å². The second-order valence-corrected chi connectivity index (χ2v) is 2.40. The van der Waals surface area contributed by atoms with Gasteiger partial charge < -0.3 is 9.47 Å². The number of ether oxygens (including phenoxy) is 2. The second-order valence-electron chi connectivity index (χ2n) is 2.40. The van der Waals surface area contributed by atoms with E-state index in [9.17, 15) is 0 Å². The van der Waals surface area contributed by atoms with Crippen molar-refractivity contribution in [3.05, 3.63) is 29.8 Å². The summed E-state index contributed by atoms with van der Waals surface area (Å²) in [6, 6.07) is 7.42. The van der Waals surface area contributed by atoms with Crippen molar-refractivity contribution in [3.8, 4) is 18.1 Å². The van der Waals surface area contributed by atoms with Crippen LogP contribution in [-0.2, 0) is 4.74 Å². The standard InChI is InChI=1S/C11H12O2/c1-3-10-7-5-6-8-11(10)13-9-12-4-2/h1,5-8H,4,9H2,2H3. The van der Waals surface area contributed by atoms with Crippen LogP contribution in [0.3, 0.4) is 0 Å². The first-order chi connectivity index (χ1) is 6.38. The fraction of sp³-hybridized carbons (Fsp3) is 0.273. The Bertz CT molecular complexity index is 299. The second kappa shape index (κ2) is 5.23. The fourth-order valence-electron chi connectivity index (χ4n) is 0.900. The summed E-state index contributed by atoms with van der Waals surface area (Å²) in [7, 11) is 0. The van der Waals surface area contributed by atoms with Crippen molar-refractivity contribution in [1.29, 1.82) is 0 Å². The van der Waals surface area contributed by atoms with Gasteiger partial charge in [-0.05, 0) is 19.1 Å². The lowest BCUT2D eigenvalue weighted by atomic mass is 10.2. The third-order valence-corrected chi connectivity index (χ3v) is 1.54. The summed E-state index contributed by atoms with van der Waals surface area (Å²) >= 11 is 0. The Balaban J connectivity index is 2.60. The average molecular weight is 176 g/mol. The average Bonchev–Trinajstić information content (AvgIpc) is 2.19. The summed E-state index contributed by atoms with van der Waals surface area (Å²) in [5.74, 6) is 3.23. The van der Waals surface area contributed by atoms with Crippen LogP contribution in [0.2, 0.25) is 0 Å². The predicted octanol–water partition coefficient (Wildman–Crippen LogP) is 2.04. The van der Waals surface area contributed by atoms with Gasteiger partial charge in [-0.1, -0.05) is 18.1 Å². The van der Waals surface area contributed by atoms with Crippen LogP contribution in [0.5, 0.6) is 5.75 Å². The zero-order valence-corrected chi connectivity index (χ0v) is 7.62. The summed E-state index contributed by atoms with van der Waals surface area (Å²) in [6.07, 6.45) is 5.28. The molecule has 0 aromatic heterocycles. The molecule has 0 bridgehead atoms. The molecule has 0 saturated carbocycles. The summed E-state index contributed by atoms with van der Waals surface area (Å²) < 4.78 is 10.3. The van der Waals surface area contributed by atoms with Gasteiger partial charge in [-0.3, -0.25) is 0 Å². The molecule has 0 fully saturated rings. The van der Waals surface area contributed by atoms with Gasteiger partial charge in [0.05, 0.1) is 5.56 Å². The quantitative estimate of drug-likeness (QED) is 0.397. The van der Waals surface area contributed by atoms with Crippen molar-refractivity contribution in [2.75, 3.05) is 13.4 Å². The van der Waals surface area contributed by atoms with Gasteiger partial charge in [-0.15, -0.1) is 6.42 Å². The van der Waals surface area contributed by atoms with Crippen molar-refractivity contribution in [2.45, 2.75) is 6.92 Å². The maximum atomic E-state index is 5.30. The molecule has 0 amide bonds. The third kappa shape index (κ3) is 2.81. The minimum atomic E-state index is 0.245. The Labute approximate surface area is 78.5 Å². The largest absolute Gasteiger partial charge is 0.466 e. The number of hydrogen-bond donors (Lipinski definition) is 0. The highest BCUT2D eigenvalue weighted by atomic mass is 16.7. The van der Waals surface area contributed by atoms with Crippen molar-refractivity contribution in [1.82, 2.24) is 0 Å². The van der Waals surface area contributed by atoms with Gasteiger partial charge in [0.1, 0.15) is 5.75 Å². The Kier molecular flexibility index (Phi) is 3.87. The Hall–Kier alpha value is -1.46. The highest BCUT2D eigenvalue weighted by Crippen LogP contribution is 2.15. The maximum Gasteiger partial charge on any atom is 0.189 e. The molecule has 0 spiro atoms. The maximum absolute atomic E-state index is 5.30. The van der Waals surface area contributed by atoms with Crippen LogP contribution in [-0.4, -0.2) is 13.4 Å². The summed E-state index contributed by atoms with van der Waals surface area (Å²) in [5, 5.41) is 0. The monoisotopic (exact) mass is 176 g/mol. The summed E-state index contributed by atoms with van der Waals surface area (Å²) in [5.41, 5.74) is 0.752. The molecule has 68 valence electrons. The van der Waals surface area contributed by atoms with Crippen LogP contribution in [0, 0.1) is 12.3 Å². The van der Waals surface area contributed by atoms with E-state index in [0.29, 0.717) is 12.4 Å². The normalized spacial score (nSPS) is 9.23. The van der Waals surface area contributed by atoms with E-state index in [0.717, 1.165) is 5.56 Å². The van der Waals surface area contributed by atoms with Crippen molar-refractivity contribution in [2.24, 2.45) is 0 Å². The third-order valence-electron chi connectivity index (χ3n) is 1.54. The van der Waals surface area contributed by atoms with Crippen LogP contribution >= 0.6 is 0 Å². The first-order valence-corrected chi connectivity index (χ1v) is 4.14. The minimum Gasteiger partial charge on any atom is -0.466 e. The molecule has 0 unspecified atom stereocenters. The highest BCUT2D eigenvalue weighted by molar-refractivity contribution is 5.44. The molecule has 0 heterocycles. The van der Waals surface area contributed by atoms with Crippen LogP contribution in [0.25, 0.3) is 0 Å². The summed E-state index contributed by atoms with van der Waals surface area (Å²) in [4.78, 5) is 0. The van der Waals surface area contributed by atoms with Gasteiger partial charge >= 0.3 is 0 Å². The summed E-state index contributed by atoms with van der Waals surface area (Å²) in [6.45, 7) is 2.80. The molecule has 2 heteroatoms. The minimum absolute atomic E-state index is 0.245. The van der Waals surface area contributed by atoms with Crippen LogP contribution in [0.1, 0.15) is 12.5 Å². The van der Waals surface area contributed by atoms with Crippen molar-refractivity contribution in [3.63, 3.8) is 0 Å². The molecule has 13 heavy (non-hydrogen) atoms. The Morgan fingerprint density at radius 3 is 2.85 bits per heavy atom. The van der Waals surface area contributed by atoms with Gasteiger partial charge in [-0.25, -0.2) is 0 Å². The number of rotatable bonds is 4. The lowest BCUT2D eigenvalue weighted by molar-refractivity contribution is 0.0222. The number of para-hydroxylation sites is 1. The van der Waals surface area contributed by atoms with Crippen LogP contribution in [0.4, 0.5) is 0 Å². The topological polar surface area (TPSA) is 18.5 Å². The molecular formula is C11H12O2. The lowest BCUT2D eigenvalue weighted by Crippen LogP contribution is -2.02. The van der Waals surface area contributed by atoms with E-state index in [1.807, 2.05) is 31.2 Å². The Morgan fingerprint density at radius 1 is 1.38 bits per heavy atom. The first kappa shape index (κ1) is 9.63. The molecule has 0 saturated heterocycles. The molecule has 1 aromatic rings. The molecular weight excluding hydrogens is 164 g/mol. The highest BCUT2D eigenvalue weighted by Gasteiger charge is 1.98. The van der Waals surface area contributed by atoms with Crippen LogP contribution in [0.15, 0.2) is 24.3 Å². The number of hydrogen-bond acceptors (Lipinski definition) is 2. The molecule has 0 aliphatic rings.